The molecule has 0 fully saturated rings. The molecular formula is C21H40O5. The molecule has 0 bridgehead atoms. The molecule has 0 radical (unpaired) electrons. The van der Waals surface area contributed by atoms with Gasteiger partial charge in [-0.2, -0.15) is 0 Å². The van der Waals surface area contributed by atoms with Crippen LogP contribution >= 0.6 is 0 Å². The summed E-state index contributed by atoms with van der Waals surface area (Å²) >= 11 is 0. The normalized spacial score (nSPS) is 13.4. The van der Waals surface area contributed by atoms with Crippen molar-refractivity contribution < 1.29 is 24.5 Å². The Bertz CT molecular complexity index is 356. The van der Waals surface area contributed by atoms with E-state index in [0.717, 1.165) is 44.9 Å². The standard InChI is InChI=1S/C21H40O5/c1-3-5-7-9-10-12-14-16-18(15-13-11-8-6-4-2)20(24)26-21(25)19(23)17-22/h18-19,22-23H,3-17H2,1-2H3. The maximum atomic E-state index is 12.3. The molecule has 0 rings (SSSR count). The summed E-state index contributed by atoms with van der Waals surface area (Å²) in [4.78, 5) is 23.8. The number of carbonyl (C=O) groups excluding carboxylic acids is 2. The second kappa shape index (κ2) is 17.5. The second-order valence-electron chi connectivity index (χ2n) is 7.25. The van der Waals surface area contributed by atoms with Gasteiger partial charge in [-0.3, -0.25) is 4.79 Å². The molecule has 0 aromatic heterocycles. The summed E-state index contributed by atoms with van der Waals surface area (Å²) in [5.74, 6) is -1.89. The Kier molecular flexibility index (Phi) is 16.8. The lowest BCUT2D eigenvalue weighted by Gasteiger charge is -2.16. The van der Waals surface area contributed by atoms with Crippen molar-refractivity contribution in [3.63, 3.8) is 0 Å². The van der Waals surface area contributed by atoms with E-state index >= 15 is 0 Å². The van der Waals surface area contributed by atoms with Gasteiger partial charge in [0.25, 0.3) is 0 Å². The number of hydrogen-bond donors (Lipinski definition) is 2. The Morgan fingerprint density at radius 2 is 1.15 bits per heavy atom. The van der Waals surface area contributed by atoms with Crippen LogP contribution in [0.4, 0.5) is 0 Å². The molecule has 0 saturated carbocycles. The highest BCUT2D eigenvalue weighted by atomic mass is 16.6. The molecule has 154 valence electrons. The molecule has 0 aromatic rings. The first-order valence-electron chi connectivity index (χ1n) is 10.6. The molecule has 26 heavy (non-hydrogen) atoms. The van der Waals surface area contributed by atoms with Crippen LogP contribution in [-0.2, 0) is 14.3 Å². The van der Waals surface area contributed by atoms with Crippen LogP contribution in [0.25, 0.3) is 0 Å². The number of carbonyl (C=O) groups is 2. The lowest BCUT2D eigenvalue weighted by molar-refractivity contribution is -0.170. The summed E-state index contributed by atoms with van der Waals surface area (Å²) in [5.41, 5.74) is 0. The van der Waals surface area contributed by atoms with Gasteiger partial charge in [0.05, 0.1) is 12.5 Å². The number of esters is 2. The predicted molar refractivity (Wildman–Crippen MR) is 104 cm³/mol. The monoisotopic (exact) mass is 372 g/mol. The molecule has 2 unspecified atom stereocenters. The molecule has 0 saturated heterocycles. The smallest absolute Gasteiger partial charge is 0.345 e. The van der Waals surface area contributed by atoms with Crippen molar-refractivity contribution in [3.05, 3.63) is 0 Å². The minimum absolute atomic E-state index is 0.290. The Labute approximate surface area is 159 Å². The van der Waals surface area contributed by atoms with Crippen molar-refractivity contribution in [2.24, 2.45) is 5.92 Å². The van der Waals surface area contributed by atoms with E-state index in [1.807, 2.05) is 0 Å². The Balaban J connectivity index is 4.26. The van der Waals surface area contributed by atoms with E-state index in [-0.39, 0.29) is 5.92 Å². The first-order chi connectivity index (χ1) is 12.6. The molecule has 5 nitrogen and oxygen atoms in total. The van der Waals surface area contributed by atoms with Crippen molar-refractivity contribution in [2.75, 3.05) is 6.61 Å². The van der Waals surface area contributed by atoms with Crippen molar-refractivity contribution >= 4 is 11.9 Å². The maximum absolute atomic E-state index is 12.3. The average Bonchev–Trinajstić information content (AvgIpc) is 2.64. The van der Waals surface area contributed by atoms with Crippen LogP contribution in [0.3, 0.4) is 0 Å². The highest BCUT2D eigenvalue weighted by Gasteiger charge is 2.25. The summed E-state index contributed by atoms with van der Waals surface area (Å²) < 4.78 is 4.77. The number of hydrogen-bond acceptors (Lipinski definition) is 5. The van der Waals surface area contributed by atoms with Crippen LogP contribution in [0, 0.1) is 5.92 Å². The van der Waals surface area contributed by atoms with Gasteiger partial charge in [0.15, 0.2) is 6.10 Å². The number of ether oxygens (including phenoxy) is 1. The van der Waals surface area contributed by atoms with Gasteiger partial charge in [-0.15, -0.1) is 0 Å². The maximum Gasteiger partial charge on any atom is 0.345 e. The van der Waals surface area contributed by atoms with E-state index in [1.165, 1.54) is 44.9 Å². The summed E-state index contributed by atoms with van der Waals surface area (Å²) in [6.45, 7) is 3.63. The highest BCUT2D eigenvalue weighted by Crippen LogP contribution is 2.21. The van der Waals surface area contributed by atoms with Gasteiger partial charge in [0.1, 0.15) is 0 Å². The number of aliphatic hydroxyl groups excluding tert-OH is 2. The fraction of sp³-hybridized carbons (Fsp3) is 0.905. The molecule has 0 amide bonds. The fourth-order valence-electron chi connectivity index (χ4n) is 3.05. The average molecular weight is 373 g/mol. The van der Waals surface area contributed by atoms with Crippen molar-refractivity contribution in [3.8, 4) is 0 Å². The van der Waals surface area contributed by atoms with Gasteiger partial charge in [-0.1, -0.05) is 90.9 Å². The number of rotatable bonds is 17. The van der Waals surface area contributed by atoms with Crippen LogP contribution in [0.1, 0.15) is 104 Å². The third-order valence-corrected chi connectivity index (χ3v) is 4.79. The van der Waals surface area contributed by atoms with E-state index < -0.39 is 24.6 Å². The van der Waals surface area contributed by atoms with Gasteiger partial charge in [-0.25, -0.2) is 4.79 Å². The fourth-order valence-corrected chi connectivity index (χ4v) is 3.05. The Hall–Kier alpha value is -0.940. The third-order valence-electron chi connectivity index (χ3n) is 4.79. The summed E-state index contributed by atoms with van der Waals surface area (Å²) in [7, 11) is 0. The van der Waals surface area contributed by atoms with E-state index in [1.54, 1.807) is 0 Å². The van der Waals surface area contributed by atoms with Crippen LogP contribution < -0.4 is 0 Å². The summed E-state index contributed by atoms with van der Waals surface area (Å²) in [5, 5.41) is 18.1. The molecule has 0 spiro atoms. The lowest BCUT2D eigenvalue weighted by Crippen LogP contribution is -2.31. The molecule has 0 heterocycles. The molecule has 0 aliphatic rings. The van der Waals surface area contributed by atoms with Gasteiger partial charge in [-0.05, 0) is 12.8 Å². The molecule has 0 aliphatic carbocycles. The van der Waals surface area contributed by atoms with Crippen LogP contribution in [0.5, 0.6) is 0 Å². The molecular weight excluding hydrogens is 332 g/mol. The molecule has 0 aromatic carbocycles. The minimum atomic E-state index is -1.64. The van der Waals surface area contributed by atoms with Crippen molar-refractivity contribution in [1.82, 2.24) is 0 Å². The van der Waals surface area contributed by atoms with E-state index in [9.17, 15) is 14.7 Å². The van der Waals surface area contributed by atoms with E-state index in [2.05, 4.69) is 13.8 Å². The molecule has 2 atom stereocenters. The van der Waals surface area contributed by atoms with Crippen LogP contribution in [-0.4, -0.2) is 34.9 Å². The van der Waals surface area contributed by atoms with E-state index in [0.29, 0.717) is 0 Å². The summed E-state index contributed by atoms with van der Waals surface area (Å²) in [6, 6.07) is 0. The quantitative estimate of drug-likeness (QED) is 0.223. The Morgan fingerprint density at radius 3 is 1.58 bits per heavy atom. The number of unbranched alkanes of at least 4 members (excludes halogenated alkanes) is 10. The highest BCUT2D eigenvalue weighted by molar-refractivity contribution is 5.88. The Morgan fingerprint density at radius 1 is 0.731 bits per heavy atom. The first-order valence-corrected chi connectivity index (χ1v) is 10.6. The predicted octanol–water partition coefficient (Wildman–Crippen LogP) is 4.53. The molecule has 2 N–H and O–H groups in total. The van der Waals surface area contributed by atoms with Crippen LogP contribution in [0.15, 0.2) is 0 Å². The largest absolute Gasteiger partial charge is 0.393 e. The minimum Gasteiger partial charge on any atom is -0.393 e. The van der Waals surface area contributed by atoms with Gasteiger partial charge in [0, 0.05) is 0 Å². The van der Waals surface area contributed by atoms with Crippen molar-refractivity contribution in [1.29, 1.82) is 0 Å². The van der Waals surface area contributed by atoms with Gasteiger partial charge < -0.3 is 14.9 Å². The van der Waals surface area contributed by atoms with Crippen LogP contribution in [0.2, 0.25) is 0 Å². The zero-order valence-corrected chi connectivity index (χ0v) is 16.9. The second-order valence-corrected chi connectivity index (χ2v) is 7.25. The third kappa shape index (κ3) is 13.3. The lowest BCUT2D eigenvalue weighted by atomic mass is 9.94. The zero-order chi connectivity index (χ0) is 19.6. The van der Waals surface area contributed by atoms with Gasteiger partial charge in [0.2, 0.25) is 0 Å². The zero-order valence-electron chi connectivity index (χ0n) is 16.9. The number of aliphatic hydroxyl groups is 2. The topological polar surface area (TPSA) is 83.8 Å². The molecule has 0 aliphatic heterocycles. The summed E-state index contributed by atoms with van der Waals surface area (Å²) in [6.07, 6.45) is 13.6. The van der Waals surface area contributed by atoms with Crippen molar-refractivity contribution in [2.45, 2.75) is 110 Å². The molecule has 5 heteroatoms. The van der Waals surface area contributed by atoms with E-state index in [4.69, 9.17) is 9.84 Å². The van der Waals surface area contributed by atoms with Gasteiger partial charge >= 0.3 is 11.9 Å². The first kappa shape index (κ1) is 25.1. The SMILES string of the molecule is CCCCCCCCCC(CCCCCCC)C(=O)OC(=O)C(O)CO.